The SMILES string of the molecule is Cc1ccc(C(=O)NNC(=O)CCN2CCN(C(c3ccccc3)c3ccccc3)CC2)c(C)c1. The molecule has 0 spiro atoms. The molecule has 4 rings (SSSR count). The number of nitrogens with zero attached hydrogens (tertiary/aromatic N) is 2. The molecule has 0 radical (unpaired) electrons. The van der Waals surface area contributed by atoms with E-state index in [-0.39, 0.29) is 17.9 Å². The Morgan fingerprint density at radius 2 is 1.40 bits per heavy atom. The molecule has 0 bridgehead atoms. The second-order valence-electron chi connectivity index (χ2n) is 9.17. The molecule has 1 heterocycles. The van der Waals surface area contributed by atoms with Gasteiger partial charge in [0.2, 0.25) is 5.91 Å². The summed E-state index contributed by atoms with van der Waals surface area (Å²) in [4.78, 5) is 29.6. The average Bonchev–Trinajstić information content (AvgIpc) is 2.88. The Morgan fingerprint density at radius 1 is 0.800 bits per heavy atom. The molecule has 35 heavy (non-hydrogen) atoms. The van der Waals surface area contributed by atoms with Crippen molar-refractivity contribution in [2.75, 3.05) is 32.7 Å². The van der Waals surface area contributed by atoms with Crippen LogP contribution in [0, 0.1) is 13.8 Å². The molecule has 182 valence electrons. The van der Waals surface area contributed by atoms with Gasteiger partial charge in [-0.1, -0.05) is 78.4 Å². The summed E-state index contributed by atoms with van der Waals surface area (Å²) >= 11 is 0. The highest BCUT2D eigenvalue weighted by molar-refractivity contribution is 5.96. The van der Waals surface area contributed by atoms with Crippen LogP contribution >= 0.6 is 0 Å². The maximum absolute atomic E-state index is 12.4. The first kappa shape index (κ1) is 24.6. The van der Waals surface area contributed by atoms with Gasteiger partial charge in [-0.25, -0.2) is 0 Å². The number of hydrazine groups is 1. The third kappa shape index (κ3) is 6.56. The number of nitrogens with one attached hydrogen (secondary N) is 2. The summed E-state index contributed by atoms with van der Waals surface area (Å²) in [5, 5.41) is 0. The van der Waals surface area contributed by atoms with E-state index >= 15 is 0 Å². The van der Waals surface area contributed by atoms with Crippen LogP contribution in [0.4, 0.5) is 0 Å². The lowest BCUT2D eigenvalue weighted by molar-refractivity contribution is -0.122. The first-order valence-corrected chi connectivity index (χ1v) is 12.2. The lowest BCUT2D eigenvalue weighted by Crippen LogP contribution is -2.49. The quantitative estimate of drug-likeness (QED) is 0.515. The largest absolute Gasteiger partial charge is 0.300 e. The number of hydrogen-bond donors (Lipinski definition) is 2. The molecule has 0 unspecified atom stereocenters. The van der Waals surface area contributed by atoms with Gasteiger partial charge in [-0.3, -0.25) is 25.3 Å². The van der Waals surface area contributed by atoms with Crippen LogP contribution in [0.1, 0.15) is 45.1 Å². The Kier molecular flexibility index (Phi) is 8.29. The van der Waals surface area contributed by atoms with Crippen molar-refractivity contribution in [1.82, 2.24) is 20.7 Å². The van der Waals surface area contributed by atoms with Crippen molar-refractivity contribution in [3.05, 3.63) is 107 Å². The normalized spacial score (nSPS) is 14.6. The van der Waals surface area contributed by atoms with E-state index in [1.54, 1.807) is 6.07 Å². The number of hydrogen-bond acceptors (Lipinski definition) is 4. The first-order valence-electron chi connectivity index (χ1n) is 12.2. The Balaban J connectivity index is 1.25. The van der Waals surface area contributed by atoms with Gasteiger partial charge in [0.25, 0.3) is 5.91 Å². The van der Waals surface area contributed by atoms with E-state index in [0.717, 1.165) is 37.3 Å². The Labute approximate surface area is 207 Å². The van der Waals surface area contributed by atoms with Gasteiger partial charge < -0.3 is 4.90 Å². The summed E-state index contributed by atoms with van der Waals surface area (Å²) in [6.45, 7) is 8.21. The summed E-state index contributed by atoms with van der Waals surface area (Å²) in [5.41, 5.74) is 10.2. The van der Waals surface area contributed by atoms with Crippen LogP contribution < -0.4 is 10.9 Å². The number of aryl methyl sites for hydroxylation is 2. The van der Waals surface area contributed by atoms with Crippen LogP contribution in [-0.2, 0) is 4.79 Å². The predicted octanol–water partition coefficient (Wildman–Crippen LogP) is 3.86. The maximum Gasteiger partial charge on any atom is 0.269 e. The van der Waals surface area contributed by atoms with Gasteiger partial charge in [0.1, 0.15) is 0 Å². The molecule has 1 aliphatic heterocycles. The highest BCUT2D eigenvalue weighted by Gasteiger charge is 2.26. The number of carbonyl (C=O) groups excluding carboxylic acids is 2. The van der Waals surface area contributed by atoms with Gasteiger partial charge in [0, 0.05) is 44.7 Å². The van der Waals surface area contributed by atoms with Crippen molar-refractivity contribution in [3.63, 3.8) is 0 Å². The summed E-state index contributed by atoms with van der Waals surface area (Å²) in [5.74, 6) is -0.477. The molecule has 0 aliphatic carbocycles. The molecule has 6 nitrogen and oxygen atoms in total. The number of rotatable bonds is 7. The van der Waals surface area contributed by atoms with Gasteiger partial charge >= 0.3 is 0 Å². The molecule has 1 saturated heterocycles. The molecule has 1 fully saturated rings. The second kappa shape index (κ2) is 11.8. The molecular formula is C29H34N4O2. The van der Waals surface area contributed by atoms with E-state index in [1.165, 1.54) is 11.1 Å². The summed E-state index contributed by atoms with van der Waals surface area (Å²) in [6, 6.07) is 27.1. The van der Waals surface area contributed by atoms with E-state index in [1.807, 2.05) is 26.0 Å². The predicted molar refractivity (Wildman–Crippen MR) is 139 cm³/mol. The van der Waals surface area contributed by atoms with Gasteiger partial charge in [-0.15, -0.1) is 0 Å². The molecule has 0 saturated carbocycles. The maximum atomic E-state index is 12.4. The van der Waals surface area contributed by atoms with Crippen molar-refractivity contribution < 1.29 is 9.59 Å². The molecule has 3 aromatic rings. The van der Waals surface area contributed by atoms with Crippen LogP contribution in [-0.4, -0.2) is 54.3 Å². The van der Waals surface area contributed by atoms with Gasteiger partial charge in [0.15, 0.2) is 0 Å². The third-order valence-corrected chi connectivity index (χ3v) is 6.60. The molecule has 1 aliphatic rings. The minimum atomic E-state index is -0.294. The third-order valence-electron chi connectivity index (χ3n) is 6.60. The van der Waals surface area contributed by atoms with E-state index < -0.39 is 0 Å². The van der Waals surface area contributed by atoms with E-state index in [9.17, 15) is 9.59 Å². The molecule has 0 atom stereocenters. The zero-order valence-electron chi connectivity index (χ0n) is 20.5. The van der Waals surface area contributed by atoms with Crippen molar-refractivity contribution in [1.29, 1.82) is 0 Å². The topological polar surface area (TPSA) is 64.7 Å². The van der Waals surface area contributed by atoms with Crippen molar-refractivity contribution >= 4 is 11.8 Å². The molecular weight excluding hydrogens is 436 g/mol. The number of benzene rings is 3. The standard InChI is InChI=1S/C29H34N4O2/c1-22-13-14-26(23(2)21-22)29(35)31-30-27(34)15-16-32-17-19-33(20-18-32)28(24-9-5-3-6-10-24)25-11-7-4-8-12-25/h3-14,21,28H,15-20H2,1-2H3,(H,30,34)(H,31,35). The highest BCUT2D eigenvalue weighted by Crippen LogP contribution is 2.29. The van der Waals surface area contributed by atoms with Gasteiger partial charge in [0.05, 0.1) is 6.04 Å². The second-order valence-corrected chi connectivity index (χ2v) is 9.17. The van der Waals surface area contributed by atoms with Gasteiger partial charge in [-0.05, 0) is 36.6 Å². The Bertz CT molecular complexity index is 1090. The Hall–Kier alpha value is -3.48. The van der Waals surface area contributed by atoms with Crippen molar-refractivity contribution in [3.8, 4) is 0 Å². The zero-order valence-corrected chi connectivity index (χ0v) is 20.5. The molecule has 3 aromatic carbocycles. The van der Waals surface area contributed by atoms with Crippen LogP contribution in [0.15, 0.2) is 78.9 Å². The lowest BCUT2D eigenvalue weighted by Gasteiger charge is -2.39. The fraction of sp³-hybridized carbons (Fsp3) is 0.310. The van der Waals surface area contributed by atoms with E-state index in [4.69, 9.17) is 0 Å². The molecule has 6 heteroatoms. The first-order chi connectivity index (χ1) is 17.0. The lowest BCUT2D eigenvalue weighted by atomic mass is 9.96. The number of carbonyl (C=O) groups is 2. The zero-order chi connectivity index (χ0) is 24.6. The average molecular weight is 471 g/mol. The number of amides is 2. The van der Waals surface area contributed by atoms with E-state index in [2.05, 4.69) is 81.3 Å². The highest BCUT2D eigenvalue weighted by atomic mass is 16.2. The van der Waals surface area contributed by atoms with Crippen molar-refractivity contribution in [2.45, 2.75) is 26.3 Å². The van der Waals surface area contributed by atoms with Crippen molar-refractivity contribution in [2.24, 2.45) is 0 Å². The summed E-state index contributed by atoms with van der Waals surface area (Å²) in [6.07, 6.45) is 0.341. The summed E-state index contributed by atoms with van der Waals surface area (Å²) in [7, 11) is 0. The van der Waals surface area contributed by atoms with Crippen LogP contribution in [0.5, 0.6) is 0 Å². The monoisotopic (exact) mass is 470 g/mol. The summed E-state index contributed by atoms with van der Waals surface area (Å²) < 4.78 is 0. The minimum absolute atomic E-state index is 0.183. The molecule has 2 N–H and O–H groups in total. The fourth-order valence-corrected chi connectivity index (χ4v) is 4.71. The van der Waals surface area contributed by atoms with Gasteiger partial charge in [-0.2, -0.15) is 0 Å². The fourth-order valence-electron chi connectivity index (χ4n) is 4.71. The van der Waals surface area contributed by atoms with E-state index in [0.29, 0.717) is 18.5 Å². The van der Waals surface area contributed by atoms with Crippen LogP contribution in [0.2, 0.25) is 0 Å². The molecule has 2 amide bonds. The Morgan fingerprint density at radius 3 is 1.97 bits per heavy atom. The molecule has 0 aromatic heterocycles. The van der Waals surface area contributed by atoms with Crippen LogP contribution in [0.3, 0.4) is 0 Å². The number of piperazine rings is 1. The van der Waals surface area contributed by atoms with Crippen LogP contribution in [0.25, 0.3) is 0 Å². The minimum Gasteiger partial charge on any atom is -0.300 e. The smallest absolute Gasteiger partial charge is 0.269 e.